The molecule has 0 radical (unpaired) electrons. The van der Waals surface area contributed by atoms with Crippen molar-refractivity contribution in [3.63, 3.8) is 0 Å². The second-order valence-corrected chi connectivity index (χ2v) is 1.75. The fourth-order valence-corrected chi connectivity index (χ4v) is 0. The molecule has 0 atom stereocenters. The lowest BCUT2D eigenvalue weighted by molar-refractivity contribution is 0.824. The van der Waals surface area contributed by atoms with E-state index in [9.17, 15) is 0 Å². The molecule has 0 spiro atoms. The molecule has 9 heavy (non-hydrogen) atoms. The summed E-state index contributed by atoms with van der Waals surface area (Å²) < 4.78 is 0. The summed E-state index contributed by atoms with van der Waals surface area (Å²) in [5, 5.41) is 0.000000000000000444. The molecular formula is C2H10N4OS2. The first kappa shape index (κ1) is 15.8. The van der Waals surface area contributed by atoms with E-state index in [1.54, 1.807) is 0 Å². The molecule has 0 fully saturated rings. The molecule has 0 heterocycles. The number of nitrogens with two attached hydrogens (primary N) is 4. The summed E-state index contributed by atoms with van der Waals surface area (Å²) in [5.74, 6) is 0. The first-order valence-electron chi connectivity index (χ1n) is 1.56. The Morgan fingerprint density at radius 1 is 0.778 bits per heavy atom. The zero-order chi connectivity index (χ0) is 7.15. The highest BCUT2D eigenvalue weighted by Gasteiger charge is 1.53. The molecule has 0 saturated carbocycles. The summed E-state index contributed by atoms with van der Waals surface area (Å²) in [4.78, 5) is 0. The van der Waals surface area contributed by atoms with Crippen molar-refractivity contribution >= 4 is 34.7 Å². The molecule has 5 nitrogen and oxygen atoms in total. The zero-order valence-electron chi connectivity index (χ0n) is 4.63. The molecule has 0 aromatic carbocycles. The maximum atomic E-state index is 4.62. The topological polar surface area (TPSA) is 136 Å². The van der Waals surface area contributed by atoms with Crippen molar-refractivity contribution < 1.29 is 5.48 Å². The zero-order valence-corrected chi connectivity index (χ0v) is 6.26. The van der Waals surface area contributed by atoms with E-state index in [-0.39, 0.29) is 15.7 Å². The van der Waals surface area contributed by atoms with E-state index in [0.29, 0.717) is 0 Å². The van der Waals surface area contributed by atoms with Gasteiger partial charge in [-0.05, 0) is 24.4 Å². The quantitative estimate of drug-likeness (QED) is 0.298. The molecule has 0 aromatic heterocycles. The van der Waals surface area contributed by atoms with Crippen LogP contribution in [0.2, 0.25) is 0 Å². The largest absolute Gasteiger partial charge is 0.412 e. The van der Waals surface area contributed by atoms with Crippen LogP contribution in [-0.2, 0) is 0 Å². The average Bonchev–Trinajstić information content (AvgIpc) is 1.25. The van der Waals surface area contributed by atoms with Gasteiger partial charge in [-0.3, -0.25) is 0 Å². The van der Waals surface area contributed by atoms with Crippen LogP contribution in [0.25, 0.3) is 0 Å². The normalized spacial score (nSPS) is 5.33. The van der Waals surface area contributed by atoms with Crippen molar-refractivity contribution in [2.45, 2.75) is 0 Å². The standard InChI is InChI=1S/2CH4N2S.H2O/c2*2-1(3)4;/h2*(H4,2,3,4);1H2. The van der Waals surface area contributed by atoms with E-state index in [4.69, 9.17) is 0 Å². The van der Waals surface area contributed by atoms with Gasteiger partial charge in [-0.2, -0.15) is 0 Å². The van der Waals surface area contributed by atoms with E-state index in [0.717, 1.165) is 0 Å². The Kier molecular flexibility index (Phi) is 18.1. The van der Waals surface area contributed by atoms with Crippen LogP contribution in [0.5, 0.6) is 0 Å². The van der Waals surface area contributed by atoms with Gasteiger partial charge in [-0.15, -0.1) is 0 Å². The molecule has 0 aromatic rings. The lowest BCUT2D eigenvalue weighted by Crippen LogP contribution is -2.18. The molecule has 10 N–H and O–H groups in total. The maximum absolute atomic E-state index is 4.62. The van der Waals surface area contributed by atoms with Crippen molar-refractivity contribution in [1.82, 2.24) is 0 Å². The molecule has 0 unspecified atom stereocenters. The Morgan fingerprint density at radius 2 is 0.778 bits per heavy atom. The van der Waals surface area contributed by atoms with Crippen LogP contribution in [0.15, 0.2) is 0 Å². The van der Waals surface area contributed by atoms with Crippen LogP contribution in [0.3, 0.4) is 0 Å². The third kappa shape index (κ3) is 480. The van der Waals surface area contributed by atoms with E-state index in [1.165, 1.54) is 0 Å². The molecule has 0 amide bonds. The SMILES string of the molecule is NC(N)=S.NC(N)=S.O. The van der Waals surface area contributed by atoms with E-state index < -0.39 is 0 Å². The number of hydrogen-bond donors (Lipinski definition) is 4. The van der Waals surface area contributed by atoms with Gasteiger partial charge in [0.15, 0.2) is 10.2 Å². The highest BCUT2D eigenvalue weighted by atomic mass is 32.1. The van der Waals surface area contributed by atoms with E-state index in [1.807, 2.05) is 0 Å². The predicted octanol–water partition coefficient (Wildman–Crippen LogP) is -2.45. The second-order valence-electron chi connectivity index (χ2n) is 0.805. The van der Waals surface area contributed by atoms with Gasteiger partial charge >= 0.3 is 0 Å². The van der Waals surface area contributed by atoms with Gasteiger partial charge in [0.25, 0.3) is 0 Å². The molecule has 0 bridgehead atoms. The van der Waals surface area contributed by atoms with Gasteiger partial charge in [0.2, 0.25) is 0 Å². The predicted molar refractivity (Wildman–Crippen MR) is 45.6 cm³/mol. The summed E-state index contributed by atoms with van der Waals surface area (Å²) in [6.07, 6.45) is 0. The fraction of sp³-hybridized carbons (Fsp3) is 0. The van der Waals surface area contributed by atoms with E-state index in [2.05, 4.69) is 47.4 Å². The molecule has 56 valence electrons. The smallest absolute Gasteiger partial charge is 0.160 e. The second kappa shape index (κ2) is 10.3. The molecular weight excluding hydrogens is 160 g/mol. The third-order valence-electron chi connectivity index (χ3n) is 0. The first-order valence-corrected chi connectivity index (χ1v) is 2.38. The Labute approximate surface area is 63.7 Å². The van der Waals surface area contributed by atoms with Gasteiger partial charge in [0, 0.05) is 0 Å². The third-order valence-corrected chi connectivity index (χ3v) is 0. The molecule has 0 aliphatic heterocycles. The minimum absolute atomic E-state index is 0. The van der Waals surface area contributed by atoms with Crippen molar-refractivity contribution in [2.75, 3.05) is 0 Å². The van der Waals surface area contributed by atoms with Gasteiger partial charge in [0.1, 0.15) is 0 Å². The Balaban J connectivity index is -0.0000000720. The van der Waals surface area contributed by atoms with Crippen LogP contribution in [0.4, 0.5) is 0 Å². The van der Waals surface area contributed by atoms with Gasteiger partial charge in [0.05, 0.1) is 0 Å². The monoisotopic (exact) mass is 170 g/mol. The average molecular weight is 170 g/mol. The lowest BCUT2D eigenvalue weighted by atomic mass is 11.3. The van der Waals surface area contributed by atoms with Crippen molar-refractivity contribution in [2.24, 2.45) is 22.9 Å². The van der Waals surface area contributed by atoms with Gasteiger partial charge in [-0.25, -0.2) is 0 Å². The van der Waals surface area contributed by atoms with Crippen molar-refractivity contribution in [3.05, 3.63) is 0 Å². The molecule has 0 rings (SSSR count). The Hall–Kier alpha value is -0.660. The van der Waals surface area contributed by atoms with Crippen LogP contribution in [0.1, 0.15) is 0 Å². The first-order chi connectivity index (χ1) is 3.46. The summed E-state index contributed by atoms with van der Waals surface area (Å²) in [6.45, 7) is 0. The summed E-state index contributed by atoms with van der Waals surface area (Å²) in [5.41, 5.74) is 18.5. The molecule has 0 saturated heterocycles. The highest BCUT2D eigenvalue weighted by molar-refractivity contribution is 7.80. The number of thiocarbonyl (C=S) groups is 2. The number of rotatable bonds is 0. The van der Waals surface area contributed by atoms with E-state index >= 15 is 0 Å². The van der Waals surface area contributed by atoms with Crippen LogP contribution < -0.4 is 22.9 Å². The summed E-state index contributed by atoms with van der Waals surface area (Å²) in [6, 6.07) is 0. The van der Waals surface area contributed by atoms with Crippen LogP contribution in [0, 0.1) is 0 Å². The Bertz CT molecular complexity index is 74.6. The number of hydrogen-bond acceptors (Lipinski definition) is 2. The lowest BCUT2D eigenvalue weighted by Gasteiger charge is -1.68. The summed E-state index contributed by atoms with van der Waals surface area (Å²) >= 11 is 8.19. The van der Waals surface area contributed by atoms with Crippen molar-refractivity contribution in [3.8, 4) is 0 Å². The fourth-order valence-electron chi connectivity index (χ4n) is 0. The van der Waals surface area contributed by atoms with Crippen molar-refractivity contribution in [1.29, 1.82) is 0 Å². The molecule has 7 heteroatoms. The molecule has 0 aliphatic rings. The Morgan fingerprint density at radius 3 is 0.778 bits per heavy atom. The minimum atomic E-state index is 0. The van der Waals surface area contributed by atoms with Gasteiger partial charge in [-0.1, -0.05) is 0 Å². The minimum Gasteiger partial charge on any atom is -0.412 e. The van der Waals surface area contributed by atoms with Crippen LogP contribution in [-0.4, -0.2) is 15.7 Å². The highest BCUT2D eigenvalue weighted by Crippen LogP contribution is 1.32. The molecule has 0 aliphatic carbocycles. The van der Waals surface area contributed by atoms with Gasteiger partial charge < -0.3 is 28.4 Å². The maximum Gasteiger partial charge on any atom is 0.160 e. The summed E-state index contributed by atoms with van der Waals surface area (Å²) in [7, 11) is 0. The van der Waals surface area contributed by atoms with Crippen LogP contribution >= 0.6 is 24.4 Å².